The van der Waals surface area contributed by atoms with Crippen molar-refractivity contribution in [1.29, 1.82) is 0 Å². The number of amides is 1. The van der Waals surface area contributed by atoms with Gasteiger partial charge in [0.25, 0.3) is 0 Å². The number of para-hydroxylation sites is 2. The highest BCUT2D eigenvalue weighted by molar-refractivity contribution is 5.90. The fourth-order valence-corrected chi connectivity index (χ4v) is 2.90. The molecule has 0 fully saturated rings. The van der Waals surface area contributed by atoms with E-state index in [2.05, 4.69) is 42.2 Å². The van der Waals surface area contributed by atoms with Crippen molar-refractivity contribution in [2.24, 2.45) is 0 Å². The number of nitrogens with one attached hydrogen (secondary N) is 1. The molecule has 144 valence electrons. The van der Waals surface area contributed by atoms with E-state index < -0.39 is 0 Å². The minimum Gasteiger partial charge on any atom is -0.468 e. The van der Waals surface area contributed by atoms with Crippen LogP contribution in [0.2, 0.25) is 0 Å². The van der Waals surface area contributed by atoms with Gasteiger partial charge in [-0.3, -0.25) is 4.68 Å². The topological polar surface area (TPSA) is 74.0 Å². The number of rotatable bonds is 6. The Morgan fingerprint density at radius 3 is 2.67 bits per heavy atom. The molecule has 1 amide bonds. The summed E-state index contributed by atoms with van der Waals surface area (Å²) >= 11 is 0. The van der Waals surface area contributed by atoms with E-state index in [4.69, 9.17) is 4.74 Å². The summed E-state index contributed by atoms with van der Waals surface area (Å²) in [7, 11) is 1.51. The van der Waals surface area contributed by atoms with Crippen LogP contribution in [0.5, 0.6) is 6.01 Å². The van der Waals surface area contributed by atoms with Crippen LogP contribution in [0.15, 0.2) is 36.5 Å². The number of fused-ring (bicyclic) bond motifs is 1. The number of methoxy groups -OCH3 is 1. The van der Waals surface area contributed by atoms with Gasteiger partial charge in [0, 0.05) is 24.7 Å². The fraction of sp³-hybridized carbons (Fsp3) is 0.450. The normalized spacial score (nSPS) is 11.7. The molecule has 0 aliphatic carbocycles. The van der Waals surface area contributed by atoms with Crippen molar-refractivity contribution in [3.63, 3.8) is 0 Å². The molecule has 1 aromatic carbocycles. The largest absolute Gasteiger partial charge is 0.468 e. The maximum atomic E-state index is 12.6. The van der Waals surface area contributed by atoms with Crippen LogP contribution < -0.4 is 10.1 Å². The van der Waals surface area contributed by atoms with Gasteiger partial charge in [0.15, 0.2) is 0 Å². The van der Waals surface area contributed by atoms with Crippen LogP contribution >= 0.6 is 0 Å². The lowest BCUT2D eigenvalue weighted by molar-refractivity contribution is 0.238. The molecule has 0 radical (unpaired) electrons. The van der Waals surface area contributed by atoms with E-state index in [-0.39, 0.29) is 11.4 Å². The Kier molecular flexibility index (Phi) is 5.48. The summed E-state index contributed by atoms with van der Waals surface area (Å²) in [6.45, 7) is 7.89. The Balaban J connectivity index is 1.51. The van der Waals surface area contributed by atoms with Crippen LogP contribution in [0, 0.1) is 0 Å². The van der Waals surface area contributed by atoms with Crippen molar-refractivity contribution in [3.8, 4) is 6.01 Å². The van der Waals surface area contributed by atoms with Crippen LogP contribution in [-0.2, 0) is 12.0 Å². The number of aromatic nitrogens is 4. The van der Waals surface area contributed by atoms with Gasteiger partial charge in [-0.15, -0.1) is 0 Å². The van der Waals surface area contributed by atoms with E-state index in [9.17, 15) is 4.79 Å². The van der Waals surface area contributed by atoms with Gasteiger partial charge in [-0.2, -0.15) is 10.1 Å². The second kappa shape index (κ2) is 7.82. The van der Waals surface area contributed by atoms with E-state index in [1.165, 1.54) is 11.7 Å². The van der Waals surface area contributed by atoms with Gasteiger partial charge in [0.1, 0.15) is 0 Å². The first-order chi connectivity index (χ1) is 12.9. The van der Waals surface area contributed by atoms with E-state index in [1.807, 2.05) is 35.1 Å². The predicted octanol–water partition coefficient (Wildman–Crippen LogP) is 3.58. The summed E-state index contributed by atoms with van der Waals surface area (Å²) in [6, 6.07) is 9.61. The fourth-order valence-electron chi connectivity index (χ4n) is 2.90. The number of imidazole rings is 1. The lowest BCUT2D eigenvalue weighted by Gasteiger charge is -2.14. The molecule has 0 atom stereocenters. The summed E-state index contributed by atoms with van der Waals surface area (Å²) in [5, 5.41) is 7.55. The molecule has 0 saturated carbocycles. The Labute approximate surface area is 159 Å². The first kappa shape index (κ1) is 18.9. The van der Waals surface area contributed by atoms with Gasteiger partial charge in [-0.1, -0.05) is 32.9 Å². The first-order valence-electron chi connectivity index (χ1n) is 9.24. The second-order valence-corrected chi connectivity index (χ2v) is 7.58. The molecular formula is C20H27N5O2. The van der Waals surface area contributed by atoms with Gasteiger partial charge in [0.2, 0.25) is 0 Å². The van der Waals surface area contributed by atoms with Crippen LogP contribution in [0.25, 0.3) is 11.0 Å². The van der Waals surface area contributed by atoms with E-state index in [0.29, 0.717) is 12.6 Å². The number of carbonyl (C=O) groups excluding carboxylic acids is 1. The number of nitrogens with zero attached hydrogens (tertiary/aromatic N) is 4. The van der Waals surface area contributed by atoms with Crippen LogP contribution in [0.1, 0.15) is 39.3 Å². The maximum absolute atomic E-state index is 12.6. The molecule has 0 aliphatic heterocycles. The van der Waals surface area contributed by atoms with E-state index in [0.717, 1.165) is 36.1 Å². The molecule has 7 heteroatoms. The van der Waals surface area contributed by atoms with Gasteiger partial charge in [-0.05, 0) is 31.0 Å². The third kappa shape index (κ3) is 4.30. The summed E-state index contributed by atoms with van der Waals surface area (Å²) in [5.41, 5.74) is 2.62. The molecule has 0 spiro atoms. The molecule has 2 aromatic heterocycles. The zero-order valence-electron chi connectivity index (χ0n) is 16.4. The molecular weight excluding hydrogens is 342 g/mol. The lowest BCUT2D eigenvalue weighted by atomic mass is 9.93. The van der Waals surface area contributed by atoms with Gasteiger partial charge in [0.05, 0.1) is 23.8 Å². The summed E-state index contributed by atoms with van der Waals surface area (Å²) < 4.78 is 8.68. The molecule has 0 unspecified atom stereocenters. The Morgan fingerprint density at radius 1 is 1.19 bits per heavy atom. The quantitative estimate of drug-likeness (QED) is 0.674. The SMILES string of the molecule is COc1nc2ccccc2n1C(=O)NCCCCn1ccc(C(C)(C)C)n1. The number of unbranched alkanes of at least 4 members (excludes halogenated alkanes) is 1. The first-order valence-corrected chi connectivity index (χ1v) is 9.24. The Morgan fingerprint density at radius 2 is 1.96 bits per heavy atom. The average molecular weight is 369 g/mol. The highest BCUT2D eigenvalue weighted by Gasteiger charge is 2.17. The number of aryl methyl sites for hydroxylation is 1. The standard InChI is InChI=1S/C20H27N5O2/c1-20(2,3)17-11-14-24(23-17)13-8-7-12-21-18(26)25-16-10-6-5-9-15(16)22-19(25)27-4/h5-6,9-11,14H,7-8,12-13H2,1-4H3,(H,21,26). The Hall–Kier alpha value is -2.83. The average Bonchev–Trinajstić information content (AvgIpc) is 3.25. The van der Waals surface area contributed by atoms with E-state index >= 15 is 0 Å². The summed E-state index contributed by atoms with van der Waals surface area (Å²) in [5.74, 6) is 0. The minimum absolute atomic E-state index is 0.0614. The number of hydrogen-bond donors (Lipinski definition) is 1. The van der Waals surface area contributed by atoms with Crippen molar-refractivity contribution in [1.82, 2.24) is 24.6 Å². The third-order valence-corrected chi connectivity index (χ3v) is 4.41. The third-order valence-electron chi connectivity index (χ3n) is 4.41. The monoisotopic (exact) mass is 369 g/mol. The molecule has 2 heterocycles. The van der Waals surface area contributed by atoms with Crippen molar-refractivity contribution in [2.75, 3.05) is 13.7 Å². The Bertz CT molecular complexity index is 920. The highest BCUT2D eigenvalue weighted by atomic mass is 16.5. The summed E-state index contributed by atoms with van der Waals surface area (Å²) in [6.07, 6.45) is 3.82. The molecule has 3 rings (SSSR count). The number of ether oxygens (including phenoxy) is 1. The molecule has 3 aromatic rings. The molecule has 0 saturated heterocycles. The number of carbonyl (C=O) groups is 1. The summed E-state index contributed by atoms with van der Waals surface area (Å²) in [4.78, 5) is 16.9. The molecule has 1 N–H and O–H groups in total. The number of benzene rings is 1. The molecule has 0 bridgehead atoms. The molecule has 7 nitrogen and oxygen atoms in total. The smallest absolute Gasteiger partial charge is 0.330 e. The van der Waals surface area contributed by atoms with Crippen LogP contribution in [0.4, 0.5) is 4.79 Å². The van der Waals surface area contributed by atoms with Crippen molar-refractivity contribution in [2.45, 2.75) is 45.6 Å². The molecule has 0 aliphatic rings. The maximum Gasteiger partial charge on any atom is 0.330 e. The second-order valence-electron chi connectivity index (χ2n) is 7.58. The number of hydrogen-bond acceptors (Lipinski definition) is 4. The zero-order valence-corrected chi connectivity index (χ0v) is 16.4. The lowest BCUT2D eigenvalue weighted by Crippen LogP contribution is -2.29. The molecule has 27 heavy (non-hydrogen) atoms. The van der Waals surface area contributed by atoms with Crippen molar-refractivity contribution >= 4 is 17.1 Å². The van der Waals surface area contributed by atoms with Gasteiger partial charge < -0.3 is 10.1 Å². The highest BCUT2D eigenvalue weighted by Crippen LogP contribution is 2.21. The zero-order chi connectivity index (χ0) is 19.4. The van der Waals surface area contributed by atoms with Crippen molar-refractivity contribution in [3.05, 3.63) is 42.2 Å². The van der Waals surface area contributed by atoms with Crippen LogP contribution in [0.3, 0.4) is 0 Å². The van der Waals surface area contributed by atoms with Crippen LogP contribution in [-0.4, -0.2) is 39.0 Å². The predicted molar refractivity (Wildman–Crippen MR) is 105 cm³/mol. The van der Waals surface area contributed by atoms with Crippen molar-refractivity contribution < 1.29 is 9.53 Å². The van der Waals surface area contributed by atoms with Gasteiger partial charge in [-0.25, -0.2) is 9.36 Å². The van der Waals surface area contributed by atoms with Gasteiger partial charge >= 0.3 is 12.0 Å². The minimum atomic E-state index is -0.227. The van der Waals surface area contributed by atoms with E-state index in [1.54, 1.807) is 0 Å².